The van der Waals surface area contributed by atoms with Crippen LogP contribution in [0, 0.1) is 17.5 Å². The molecule has 0 nitrogen and oxygen atoms in total. The molecule has 10 rings (SSSR count). The molecule has 0 saturated carbocycles. The van der Waals surface area contributed by atoms with Crippen LogP contribution in [0.25, 0.3) is 87.7 Å². The molecule has 0 bridgehead atoms. The second-order valence-corrected chi connectivity index (χ2v) is 19.1. The Morgan fingerprint density at radius 3 is 1.72 bits per heavy atom. The molecule has 6 heterocycles. The Balaban J connectivity index is 1.13. The summed E-state index contributed by atoms with van der Waals surface area (Å²) in [5.74, 6) is -0.674. The van der Waals surface area contributed by atoms with Gasteiger partial charge in [0, 0.05) is 0 Å². The van der Waals surface area contributed by atoms with Gasteiger partial charge in [0.05, 0.1) is 0 Å². The van der Waals surface area contributed by atoms with Crippen molar-refractivity contribution in [3.8, 4) is 18.6 Å². The molecule has 0 saturated heterocycles. The molecule has 0 aliphatic carbocycles. The van der Waals surface area contributed by atoms with E-state index in [2.05, 4.69) is 24.3 Å². The molecule has 0 atom stereocenters. The first-order chi connectivity index (χ1) is 21.0. The van der Waals surface area contributed by atoms with E-state index in [0.717, 1.165) is 48.1 Å². The fourth-order valence-corrected chi connectivity index (χ4v) is 15.9. The van der Waals surface area contributed by atoms with Crippen molar-refractivity contribution in [2.45, 2.75) is 0 Å². The van der Waals surface area contributed by atoms with Crippen LogP contribution >= 0.6 is 45.3 Å². The average molecular weight is 765 g/mol. The standard InChI is InChI=1S/C34H13F3S4Se2/c35-27-17-11-23-19(13-22(17)41-32(27)34-29(37)16-6-2-4-8-26(16)43-34)31-30(40-23)18-12-20-14(9-21(18)39-31)10-24(38-20)33-28(36)15-5-1-3-7-25(15)42-33/h1-13H. The number of halogens is 3. The monoisotopic (exact) mass is 766 g/mol. The molecular weight excluding hydrogens is 752 g/mol. The van der Waals surface area contributed by atoms with Crippen LogP contribution in [0.3, 0.4) is 0 Å². The van der Waals surface area contributed by atoms with E-state index in [9.17, 15) is 0 Å². The van der Waals surface area contributed by atoms with Crippen LogP contribution in [0.15, 0.2) is 78.9 Å². The molecule has 0 unspecified atom stereocenters. The molecule has 4 aromatic carbocycles. The molecule has 0 spiro atoms. The van der Waals surface area contributed by atoms with Gasteiger partial charge < -0.3 is 0 Å². The molecule has 206 valence electrons. The van der Waals surface area contributed by atoms with Gasteiger partial charge in [-0.2, -0.15) is 0 Å². The van der Waals surface area contributed by atoms with Crippen LogP contribution in [0.2, 0.25) is 0 Å². The third-order valence-corrected chi connectivity index (χ3v) is 18.2. The number of hydrogen-bond acceptors (Lipinski definition) is 4. The van der Waals surface area contributed by atoms with Crippen molar-refractivity contribution in [2.75, 3.05) is 0 Å². The van der Waals surface area contributed by atoms with E-state index >= 15 is 13.2 Å². The Kier molecular flexibility index (Phi) is 5.45. The minimum atomic E-state index is -0.312. The predicted octanol–water partition coefficient (Wildman–Crippen LogP) is 11.9. The number of hydrogen-bond donors (Lipinski definition) is 0. The van der Waals surface area contributed by atoms with Gasteiger partial charge in [0.25, 0.3) is 0 Å². The number of fused-ring (bicyclic) bond motifs is 9. The molecule has 0 fully saturated rings. The zero-order valence-electron chi connectivity index (χ0n) is 21.6. The molecule has 10 aromatic rings. The molecule has 0 radical (unpaired) electrons. The minimum absolute atomic E-state index is 0.0370. The van der Waals surface area contributed by atoms with Crippen LogP contribution < -0.4 is 0 Å². The quantitative estimate of drug-likeness (QED) is 0.154. The van der Waals surface area contributed by atoms with Crippen molar-refractivity contribution in [3.05, 3.63) is 96.3 Å². The molecule has 0 N–H and O–H groups in total. The Hall–Kier alpha value is -2.71. The van der Waals surface area contributed by atoms with E-state index in [-0.39, 0.29) is 46.5 Å². The van der Waals surface area contributed by atoms with E-state index in [0.29, 0.717) is 20.1 Å². The van der Waals surface area contributed by atoms with Gasteiger partial charge in [-0.1, -0.05) is 0 Å². The first kappa shape index (κ1) is 25.6. The SMILES string of the molecule is Fc1c(-c2[se]c3ccccc3c2F)sc2cc3c(cc12)sc1c2cc4sc(-c5[se]c6ccccc6c5F)cc4cc2sc31. The fraction of sp³-hybridized carbons (Fsp3) is 0. The van der Waals surface area contributed by atoms with Gasteiger partial charge in [0.15, 0.2) is 0 Å². The van der Waals surface area contributed by atoms with Crippen molar-refractivity contribution in [2.24, 2.45) is 0 Å². The second kappa shape index (κ2) is 9.16. The van der Waals surface area contributed by atoms with Crippen LogP contribution in [-0.2, 0) is 0 Å². The summed E-state index contributed by atoms with van der Waals surface area (Å²) in [6.07, 6.45) is 0. The predicted molar refractivity (Wildman–Crippen MR) is 185 cm³/mol. The molecule has 0 amide bonds. The van der Waals surface area contributed by atoms with Gasteiger partial charge in [0.2, 0.25) is 0 Å². The summed E-state index contributed by atoms with van der Waals surface area (Å²) in [5.41, 5.74) is 0. The number of thiophene rings is 4. The average Bonchev–Trinajstić information content (AvgIpc) is 3.85. The van der Waals surface area contributed by atoms with Gasteiger partial charge >= 0.3 is 272 Å². The summed E-state index contributed by atoms with van der Waals surface area (Å²) in [5, 5.41) is 5.37. The molecule has 6 aromatic heterocycles. The molecule has 0 aliphatic heterocycles. The van der Waals surface area contributed by atoms with Crippen LogP contribution in [0.1, 0.15) is 0 Å². The van der Waals surface area contributed by atoms with Crippen molar-refractivity contribution >= 4 is 143 Å². The summed E-state index contributed by atoms with van der Waals surface area (Å²) >= 11 is 6.18. The zero-order chi connectivity index (χ0) is 28.6. The van der Waals surface area contributed by atoms with E-state index in [1.807, 2.05) is 48.5 Å². The Bertz CT molecular complexity index is 2790. The van der Waals surface area contributed by atoms with Crippen molar-refractivity contribution < 1.29 is 13.2 Å². The van der Waals surface area contributed by atoms with Crippen molar-refractivity contribution in [3.63, 3.8) is 0 Å². The number of benzene rings is 4. The number of rotatable bonds is 2. The van der Waals surface area contributed by atoms with Crippen molar-refractivity contribution in [1.29, 1.82) is 0 Å². The van der Waals surface area contributed by atoms with E-state index in [4.69, 9.17) is 0 Å². The first-order valence-corrected chi connectivity index (χ1v) is 20.0. The van der Waals surface area contributed by atoms with E-state index < -0.39 is 0 Å². The molecule has 0 aliphatic rings. The van der Waals surface area contributed by atoms with Gasteiger partial charge in [0.1, 0.15) is 0 Å². The second-order valence-electron chi connectivity index (χ2n) is 10.4. The van der Waals surface area contributed by atoms with Gasteiger partial charge in [-0.25, -0.2) is 0 Å². The third kappa shape index (κ3) is 3.59. The van der Waals surface area contributed by atoms with Crippen LogP contribution in [-0.4, -0.2) is 29.0 Å². The first-order valence-electron chi connectivity index (χ1n) is 13.3. The molecular formula is C34H13F3S4Se2. The van der Waals surface area contributed by atoms with Crippen LogP contribution in [0.4, 0.5) is 13.2 Å². The normalized spacial score (nSPS) is 12.5. The van der Waals surface area contributed by atoms with Crippen molar-refractivity contribution in [1.82, 2.24) is 0 Å². The maximum absolute atomic E-state index is 15.9. The summed E-state index contributed by atoms with van der Waals surface area (Å²) in [4.78, 5) is 1.45. The summed E-state index contributed by atoms with van der Waals surface area (Å²) < 4.78 is 56.6. The Morgan fingerprint density at radius 2 is 1.02 bits per heavy atom. The summed E-state index contributed by atoms with van der Waals surface area (Å²) in [7, 11) is 0. The Labute approximate surface area is 269 Å². The van der Waals surface area contributed by atoms with Gasteiger partial charge in [-0.05, 0) is 0 Å². The topological polar surface area (TPSA) is 0 Å². The van der Waals surface area contributed by atoms with Gasteiger partial charge in [-0.15, -0.1) is 0 Å². The van der Waals surface area contributed by atoms with Gasteiger partial charge in [-0.3, -0.25) is 0 Å². The molecule has 9 heteroatoms. The van der Waals surface area contributed by atoms with E-state index in [1.165, 1.54) is 30.8 Å². The van der Waals surface area contributed by atoms with E-state index in [1.54, 1.807) is 40.1 Å². The Morgan fingerprint density at radius 1 is 0.465 bits per heavy atom. The summed E-state index contributed by atoms with van der Waals surface area (Å²) in [6.45, 7) is 0. The third-order valence-electron chi connectivity index (χ3n) is 7.97. The zero-order valence-corrected chi connectivity index (χ0v) is 28.3. The fourth-order valence-electron chi connectivity index (χ4n) is 5.94. The maximum atomic E-state index is 15.9. The van der Waals surface area contributed by atoms with Crippen LogP contribution in [0.5, 0.6) is 0 Å². The summed E-state index contributed by atoms with van der Waals surface area (Å²) in [6, 6.07) is 25.9. The molecule has 43 heavy (non-hydrogen) atoms.